The summed E-state index contributed by atoms with van der Waals surface area (Å²) >= 11 is 0. The molecular formula is C15H19N5O4. The summed E-state index contributed by atoms with van der Waals surface area (Å²) in [6.45, 7) is 0.247. The van der Waals surface area contributed by atoms with Gasteiger partial charge in [-0.15, -0.1) is 0 Å². The summed E-state index contributed by atoms with van der Waals surface area (Å²) in [6.07, 6.45) is 4.22. The van der Waals surface area contributed by atoms with E-state index in [1.165, 1.54) is 34.5 Å². The largest absolute Gasteiger partial charge is 0.332 e. The highest BCUT2D eigenvalue weighted by Crippen LogP contribution is 2.13. The van der Waals surface area contributed by atoms with Crippen LogP contribution in [0, 0.1) is 0 Å². The Morgan fingerprint density at radius 3 is 2.62 bits per heavy atom. The lowest BCUT2D eigenvalue weighted by Crippen LogP contribution is -2.40. The second-order valence-corrected chi connectivity index (χ2v) is 6.00. The predicted molar refractivity (Wildman–Crippen MR) is 85.4 cm³/mol. The fourth-order valence-electron chi connectivity index (χ4n) is 2.99. The highest BCUT2D eigenvalue weighted by molar-refractivity contribution is 5.95. The summed E-state index contributed by atoms with van der Waals surface area (Å²) in [5.74, 6) is -0.542. The lowest BCUT2D eigenvalue weighted by Gasteiger charge is -2.18. The molecule has 3 rings (SSSR count). The molecule has 2 amide bonds. The van der Waals surface area contributed by atoms with E-state index in [0.29, 0.717) is 13.0 Å². The normalized spacial score (nSPS) is 15.8. The zero-order chi connectivity index (χ0) is 17.4. The summed E-state index contributed by atoms with van der Waals surface area (Å²) in [5.41, 5.74) is -0.597. The zero-order valence-electron chi connectivity index (χ0n) is 13.7. The van der Waals surface area contributed by atoms with Crippen molar-refractivity contribution in [1.82, 2.24) is 23.6 Å². The van der Waals surface area contributed by atoms with Gasteiger partial charge in [0.05, 0.1) is 6.33 Å². The first-order valence-electron chi connectivity index (χ1n) is 7.86. The Kier molecular flexibility index (Phi) is 4.08. The molecule has 3 heterocycles. The molecule has 9 heteroatoms. The number of carbonyl (C=O) groups excluding carboxylic acids is 2. The Hall–Kier alpha value is -2.71. The molecule has 1 fully saturated rings. The molecule has 0 aliphatic carbocycles. The number of aromatic nitrogens is 4. The molecule has 0 saturated carbocycles. The SMILES string of the molecule is Cn1c(=O)c2c(ncn2CC(=O)N2CCCCCC2=O)n(C)c1=O. The van der Waals surface area contributed by atoms with Gasteiger partial charge in [0.2, 0.25) is 11.8 Å². The number of likely N-dealkylation sites (tertiary alicyclic amines) is 1. The van der Waals surface area contributed by atoms with E-state index in [-0.39, 0.29) is 29.5 Å². The van der Waals surface area contributed by atoms with E-state index in [9.17, 15) is 19.2 Å². The molecule has 0 radical (unpaired) electrons. The van der Waals surface area contributed by atoms with Crippen molar-refractivity contribution in [3.05, 3.63) is 27.2 Å². The van der Waals surface area contributed by atoms with Crippen molar-refractivity contribution in [3.8, 4) is 0 Å². The number of hydrogen-bond acceptors (Lipinski definition) is 5. The topological polar surface area (TPSA) is 99.2 Å². The van der Waals surface area contributed by atoms with Crippen molar-refractivity contribution < 1.29 is 9.59 Å². The van der Waals surface area contributed by atoms with Gasteiger partial charge in [-0.2, -0.15) is 0 Å². The molecule has 1 aliphatic rings. The lowest BCUT2D eigenvalue weighted by molar-refractivity contribution is -0.144. The fourth-order valence-corrected chi connectivity index (χ4v) is 2.99. The number of amides is 2. The third kappa shape index (κ3) is 2.55. The third-order valence-corrected chi connectivity index (χ3v) is 4.40. The van der Waals surface area contributed by atoms with Crippen molar-refractivity contribution in [2.45, 2.75) is 32.2 Å². The lowest BCUT2D eigenvalue weighted by atomic mass is 10.2. The average molecular weight is 333 g/mol. The van der Waals surface area contributed by atoms with Crippen LogP contribution in [0.1, 0.15) is 25.7 Å². The molecule has 0 atom stereocenters. The summed E-state index contributed by atoms with van der Waals surface area (Å²) in [4.78, 5) is 54.1. The van der Waals surface area contributed by atoms with E-state index >= 15 is 0 Å². The van der Waals surface area contributed by atoms with Crippen LogP contribution in [0.3, 0.4) is 0 Å². The Morgan fingerprint density at radius 2 is 1.88 bits per heavy atom. The molecule has 1 saturated heterocycles. The van der Waals surface area contributed by atoms with Crippen molar-refractivity contribution in [2.75, 3.05) is 6.54 Å². The molecule has 1 aliphatic heterocycles. The molecule has 0 spiro atoms. The molecule has 2 aromatic rings. The Labute approximate surface area is 137 Å². The van der Waals surface area contributed by atoms with Gasteiger partial charge in [-0.05, 0) is 12.8 Å². The molecular weight excluding hydrogens is 314 g/mol. The Bertz CT molecular complexity index is 936. The van der Waals surface area contributed by atoms with Crippen molar-refractivity contribution in [2.24, 2.45) is 14.1 Å². The maximum absolute atomic E-state index is 12.5. The maximum atomic E-state index is 12.5. The summed E-state index contributed by atoms with van der Waals surface area (Å²) in [7, 11) is 2.89. The van der Waals surface area contributed by atoms with Gasteiger partial charge in [0.15, 0.2) is 11.2 Å². The Morgan fingerprint density at radius 1 is 1.12 bits per heavy atom. The molecule has 0 aromatic carbocycles. The molecule has 0 bridgehead atoms. The first-order valence-corrected chi connectivity index (χ1v) is 7.86. The van der Waals surface area contributed by atoms with Gasteiger partial charge in [-0.3, -0.25) is 28.4 Å². The average Bonchev–Trinajstić information content (AvgIpc) is 2.84. The van der Waals surface area contributed by atoms with Crippen LogP contribution >= 0.6 is 0 Å². The predicted octanol–water partition coefficient (Wildman–Crippen LogP) is -0.637. The molecule has 24 heavy (non-hydrogen) atoms. The molecule has 0 unspecified atom stereocenters. The van der Waals surface area contributed by atoms with Crippen LogP contribution in [0.4, 0.5) is 0 Å². The zero-order valence-corrected chi connectivity index (χ0v) is 13.7. The number of fused-ring (bicyclic) bond motifs is 1. The molecule has 0 N–H and O–H groups in total. The van der Waals surface area contributed by atoms with Crippen LogP contribution in [0.2, 0.25) is 0 Å². The first kappa shape index (κ1) is 16.2. The first-order chi connectivity index (χ1) is 11.4. The van der Waals surface area contributed by atoms with Gasteiger partial charge >= 0.3 is 5.69 Å². The van der Waals surface area contributed by atoms with Gasteiger partial charge < -0.3 is 4.57 Å². The van der Waals surface area contributed by atoms with E-state index in [1.807, 2.05) is 0 Å². The van der Waals surface area contributed by atoms with E-state index in [1.54, 1.807) is 0 Å². The van der Waals surface area contributed by atoms with Gasteiger partial charge in [0.25, 0.3) is 5.56 Å². The van der Waals surface area contributed by atoms with Gasteiger partial charge in [0, 0.05) is 27.1 Å². The summed E-state index contributed by atoms with van der Waals surface area (Å²) in [5, 5.41) is 0. The molecule has 128 valence electrons. The second-order valence-electron chi connectivity index (χ2n) is 6.00. The van der Waals surface area contributed by atoms with E-state index in [0.717, 1.165) is 23.8 Å². The van der Waals surface area contributed by atoms with Crippen molar-refractivity contribution >= 4 is 23.0 Å². The summed E-state index contributed by atoms with van der Waals surface area (Å²) < 4.78 is 3.63. The highest BCUT2D eigenvalue weighted by Gasteiger charge is 2.24. The van der Waals surface area contributed by atoms with Crippen molar-refractivity contribution in [1.29, 1.82) is 0 Å². The van der Waals surface area contributed by atoms with Crippen LogP contribution in [0.25, 0.3) is 11.2 Å². The van der Waals surface area contributed by atoms with Crippen LogP contribution in [0.15, 0.2) is 15.9 Å². The van der Waals surface area contributed by atoms with Crippen LogP contribution in [-0.4, -0.2) is 41.9 Å². The second kappa shape index (κ2) is 6.06. The number of nitrogens with zero attached hydrogens (tertiary/aromatic N) is 5. The number of imidazole rings is 1. The number of rotatable bonds is 2. The highest BCUT2D eigenvalue weighted by atomic mass is 16.2. The molecule has 2 aromatic heterocycles. The minimum absolute atomic E-state index is 0.157. The quantitative estimate of drug-likeness (QED) is 0.728. The Balaban J connectivity index is 1.99. The maximum Gasteiger partial charge on any atom is 0.332 e. The third-order valence-electron chi connectivity index (χ3n) is 4.40. The number of carbonyl (C=O) groups is 2. The van der Waals surface area contributed by atoms with Crippen LogP contribution in [-0.2, 0) is 30.2 Å². The minimum Gasteiger partial charge on any atom is -0.315 e. The minimum atomic E-state index is -0.513. The van der Waals surface area contributed by atoms with Crippen LogP contribution < -0.4 is 11.2 Å². The molecule has 9 nitrogen and oxygen atoms in total. The van der Waals surface area contributed by atoms with E-state index in [4.69, 9.17) is 0 Å². The standard InChI is InChI=1S/C15H19N5O4/c1-17-13-12(14(23)18(2)15(17)24)19(9-16-13)8-11(22)20-7-5-3-4-6-10(20)21/h9H,3-8H2,1-2H3. The van der Waals surface area contributed by atoms with E-state index in [2.05, 4.69) is 4.98 Å². The van der Waals surface area contributed by atoms with Gasteiger partial charge in [-0.1, -0.05) is 6.42 Å². The fraction of sp³-hybridized carbons (Fsp3) is 0.533. The number of hydrogen-bond donors (Lipinski definition) is 0. The van der Waals surface area contributed by atoms with Crippen molar-refractivity contribution in [3.63, 3.8) is 0 Å². The monoisotopic (exact) mass is 333 g/mol. The summed E-state index contributed by atoms with van der Waals surface area (Å²) in [6, 6.07) is 0. The van der Waals surface area contributed by atoms with E-state index < -0.39 is 11.2 Å². The smallest absolute Gasteiger partial charge is 0.315 e. The van der Waals surface area contributed by atoms with Gasteiger partial charge in [0.1, 0.15) is 6.54 Å². The number of imide groups is 1. The van der Waals surface area contributed by atoms with Crippen LogP contribution in [0.5, 0.6) is 0 Å². The van der Waals surface area contributed by atoms with Gasteiger partial charge in [-0.25, -0.2) is 9.78 Å². The number of aryl methyl sites for hydroxylation is 1.